The molecule has 20 heavy (non-hydrogen) atoms. The van der Waals surface area contributed by atoms with E-state index < -0.39 is 0 Å². The van der Waals surface area contributed by atoms with Crippen molar-refractivity contribution >= 4 is 11.6 Å². The summed E-state index contributed by atoms with van der Waals surface area (Å²) >= 11 is 0. The average Bonchev–Trinajstić information content (AvgIpc) is 2.48. The Bertz CT molecular complexity index is 421. The maximum atomic E-state index is 6.08. The summed E-state index contributed by atoms with van der Waals surface area (Å²) in [5.74, 6) is 1.53. The van der Waals surface area contributed by atoms with E-state index in [-0.39, 0.29) is 0 Å². The normalized spacial score (nSPS) is 17.3. The fourth-order valence-corrected chi connectivity index (χ4v) is 2.46. The summed E-state index contributed by atoms with van der Waals surface area (Å²) in [7, 11) is 2.09. The molecule has 0 saturated carbocycles. The van der Waals surface area contributed by atoms with Crippen molar-refractivity contribution in [3.63, 3.8) is 0 Å². The van der Waals surface area contributed by atoms with Gasteiger partial charge in [-0.1, -0.05) is 25.1 Å². The number of benzene rings is 1. The van der Waals surface area contributed by atoms with Crippen molar-refractivity contribution in [3.8, 4) is 0 Å². The fraction of sp³-hybridized carbons (Fsp3) is 0.562. The molecule has 1 fully saturated rings. The maximum Gasteiger partial charge on any atom is 0.191 e. The lowest BCUT2D eigenvalue weighted by Crippen LogP contribution is -2.42. The van der Waals surface area contributed by atoms with Gasteiger partial charge in [0.25, 0.3) is 0 Å². The second-order valence-electron chi connectivity index (χ2n) is 5.67. The highest BCUT2D eigenvalue weighted by molar-refractivity contribution is 5.78. The predicted octanol–water partition coefficient (Wildman–Crippen LogP) is 2.17. The minimum Gasteiger partial charge on any atom is -0.373 e. The molecule has 0 amide bonds. The first-order valence-corrected chi connectivity index (χ1v) is 7.48. The molecule has 2 rings (SSSR count). The molecule has 0 aromatic heterocycles. The molecule has 1 heterocycles. The van der Waals surface area contributed by atoms with Crippen LogP contribution in [0.5, 0.6) is 0 Å². The van der Waals surface area contributed by atoms with Gasteiger partial charge in [-0.25, -0.2) is 0 Å². The minimum absolute atomic E-state index is 0.707. The van der Waals surface area contributed by atoms with E-state index in [1.807, 2.05) is 6.07 Å². The van der Waals surface area contributed by atoms with Gasteiger partial charge in [-0.2, -0.15) is 0 Å². The number of hydrogen-bond acceptors (Lipinski definition) is 2. The Morgan fingerprint density at radius 2 is 1.95 bits per heavy atom. The highest BCUT2D eigenvalue weighted by Crippen LogP contribution is 2.15. The largest absolute Gasteiger partial charge is 0.373 e. The van der Waals surface area contributed by atoms with Crippen molar-refractivity contribution in [1.82, 2.24) is 4.90 Å². The fourth-order valence-electron chi connectivity index (χ4n) is 2.46. The zero-order valence-electron chi connectivity index (χ0n) is 12.6. The van der Waals surface area contributed by atoms with Crippen LogP contribution in [-0.2, 0) is 0 Å². The highest BCUT2D eigenvalue weighted by atomic mass is 15.3. The van der Waals surface area contributed by atoms with Crippen LogP contribution < -0.4 is 10.6 Å². The number of hydrogen-bond donors (Lipinski definition) is 1. The van der Waals surface area contributed by atoms with Crippen LogP contribution in [0.1, 0.15) is 19.8 Å². The van der Waals surface area contributed by atoms with Crippen molar-refractivity contribution in [3.05, 3.63) is 30.3 Å². The van der Waals surface area contributed by atoms with Crippen molar-refractivity contribution in [2.24, 2.45) is 16.6 Å². The molecule has 0 radical (unpaired) electrons. The molecule has 4 heteroatoms. The first-order valence-electron chi connectivity index (χ1n) is 7.48. The van der Waals surface area contributed by atoms with Gasteiger partial charge >= 0.3 is 0 Å². The van der Waals surface area contributed by atoms with Gasteiger partial charge in [0.1, 0.15) is 0 Å². The van der Waals surface area contributed by atoms with Crippen molar-refractivity contribution in [2.45, 2.75) is 19.8 Å². The third kappa shape index (κ3) is 4.15. The molecule has 1 aromatic rings. The predicted molar refractivity (Wildman–Crippen MR) is 86.2 cm³/mol. The quantitative estimate of drug-likeness (QED) is 0.676. The standard InChI is InChI=1S/C16H26N4/c1-14-8-11-20(12-9-14)16(17)18-10-13-19(2)15-6-4-3-5-7-15/h3-7,14H,8-13H2,1-2H3,(H2,17,18). The third-order valence-electron chi connectivity index (χ3n) is 4.01. The van der Waals surface area contributed by atoms with Gasteiger partial charge < -0.3 is 15.5 Å². The van der Waals surface area contributed by atoms with E-state index in [0.29, 0.717) is 5.96 Å². The number of nitrogens with zero attached hydrogens (tertiary/aromatic N) is 3. The van der Waals surface area contributed by atoms with E-state index in [1.165, 1.54) is 18.5 Å². The van der Waals surface area contributed by atoms with Crippen LogP contribution in [-0.4, -0.2) is 44.1 Å². The second-order valence-corrected chi connectivity index (χ2v) is 5.67. The summed E-state index contributed by atoms with van der Waals surface area (Å²) in [4.78, 5) is 8.93. The molecule has 1 saturated heterocycles. The Balaban J connectivity index is 1.78. The molecule has 4 nitrogen and oxygen atoms in total. The van der Waals surface area contributed by atoms with Crippen LogP contribution in [0.3, 0.4) is 0 Å². The Morgan fingerprint density at radius 3 is 2.60 bits per heavy atom. The van der Waals surface area contributed by atoms with Crippen LogP contribution in [0.4, 0.5) is 5.69 Å². The van der Waals surface area contributed by atoms with Gasteiger partial charge in [-0.3, -0.25) is 4.99 Å². The first kappa shape index (κ1) is 14.7. The minimum atomic E-state index is 0.707. The monoisotopic (exact) mass is 274 g/mol. The molecule has 110 valence electrons. The number of para-hydroxylation sites is 1. The van der Waals surface area contributed by atoms with E-state index in [4.69, 9.17) is 5.73 Å². The summed E-state index contributed by atoms with van der Waals surface area (Å²) in [6.45, 7) is 6.02. The zero-order valence-corrected chi connectivity index (χ0v) is 12.6. The summed E-state index contributed by atoms with van der Waals surface area (Å²) in [6, 6.07) is 10.4. The molecule has 0 spiro atoms. The Morgan fingerprint density at radius 1 is 1.30 bits per heavy atom. The molecular formula is C16H26N4. The first-order chi connectivity index (χ1) is 9.66. The van der Waals surface area contributed by atoms with Crippen molar-refractivity contribution in [2.75, 3.05) is 38.1 Å². The van der Waals surface area contributed by atoms with Crippen LogP contribution >= 0.6 is 0 Å². The van der Waals surface area contributed by atoms with E-state index in [9.17, 15) is 0 Å². The number of rotatable bonds is 4. The Labute approximate surface area is 122 Å². The number of likely N-dealkylation sites (N-methyl/N-ethyl adjacent to an activating group) is 1. The van der Waals surface area contributed by atoms with Crippen LogP contribution in [0.25, 0.3) is 0 Å². The molecular weight excluding hydrogens is 248 g/mol. The number of aliphatic imine (C=N–C) groups is 1. The van der Waals surface area contributed by atoms with Crippen LogP contribution in [0.2, 0.25) is 0 Å². The third-order valence-corrected chi connectivity index (χ3v) is 4.01. The zero-order chi connectivity index (χ0) is 14.4. The van der Waals surface area contributed by atoms with Gasteiger partial charge in [-0.15, -0.1) is 0 Å². The lowest BCUT2D eigenvalue weighted by molar-refractivity contribution is 0.277. The molecule has 0 bridgehead atoms. The van der Waals surface area contributed by atoms with Gasteiger partial charge in [0.15, 0.2) is 5.96 Å². The van der Waals surface area contributed by atoms with E-state index in [1.54, 1.807) is 0 Å². The number of anilines is 1. The summed E-state index contributed by atoms with van der Waals surface area (Å²) in [6.07, 6.45) is 2.44. The average molecular weight is 274 g/mol. The highest BCUT2D eigenvalue weighted by Gasteiger charge is 2.16. The summed E-state index contributed by atoms with van der Waals surface area (Å²) < 4.78 is 0. The molecule has 1 aliphatic rings. The van der Waals surface area contributed by atoms with E-state index in [0.717, 1.165) is 32.1 Å². The Kier molecular flexibility index (Phi) is 5.27. The van der Waals surface area contributed by atoms with Crippen molar-refractivity contribution < 1.29 is 0 Å². The van der Waals surface area contributed by atoms with Gasteiger partial charge in [0, 0.05) is 32.4 Å². The topological polar surface area (TPSA) is 44.9 Å². The maximum absolute atomic E-state index is 6.08. The molecule has 2 N–H and O–H groups in total. The SMILES string of the molecule is CC1CCN(C(N)=NCCN(C)c2ccccc2)CC1. The van der Waals surface area contributed by atoms with Gasteiger partial charge in [0.2, 0.25) is 0 Å². The number of piperidine rings is 1. The number of nitrogens with two attached hydrogens (primary N) is 1. The van der Waals surface area contributed by atoms with E-state index in [2.05, 4.69) is 53.0 Å². The summed E-state index contributed by atoms with van der Waals surface area (Å²) in [5, 5.41) is 0. The molecule has 0 unspecified atom stereocenters. The molecule has 1 aromatic carbocycles. The second kappa shape index (κ2) is 7.17. The lowest BCUT2D eigenvalue weighted by Gasteiger charge is -2.31. The molecule has 0 atom stereocenters. The molecule has 1 aliphatic heterocycles. The van der Waals surface area contributed by atoms with Gasteiger partial charge in [-0.05, 0) is 30.9 Å². The lowest BCUT2D eigenvalue weighted by atomic mass is 10.00. The van der Waals surface area contributed by atoms with Crippen LogP contribution in [0, 0.1) is 5.92 Å². The van der Waals surface area contributed by atoms with E-state index >= 15 is 0 Å². The Hall–Kier alpha value is -1.71. The van der Waals surface area contributed by atoms with Gasteiger partial charge in [0.05, 0.1) is 6.54 Å². The van der Waals surface area contributed by atoms with Crippen molar-refractivity contribution in [1.29, 1.82) is 0 Å². The number of guanidine groups is 1. The smallest absolute Gasteiger partial charge is 0.191 e. The summed E-state index contributed by atoms with van der Waals surface area (Å²) in [5.41, 5.74) is 7.29. The van der Waals surface area contributed by atoms with Crippen LogP contribution in [0.15, 0.2) is 35.3 Å². The number of likely N-dealkylation sites (tertiary alicyclic amines) is 1. The molecule has 0 aliphatic carbocycles.